The normalized spacial score (nSPS) is 25.9. The lowest BCUT2D eigenvalue weighted by molar-refractivity contribution is 0.0450. The number of nitrogens with one attached hydrogen (secondary N) is 1. The lowest BCUT2D eigenvalue weighted by Crippen LogP contribution is -2.42. The van der Waals surface area contributed by atoms with Gasteiger partial charge in [-0.25, -0.2) is 4.79 Å². The summed E-state index contributed by atoms with van der Waals surface area (Å²) in [6.45, 7) is 6.10. The van der Waals surface area contributed by atoms with Crippen molar-refractivity contribution in [2.75, 3.05) is 0 Å². The second kappa shape index (κ2) is 6.23. The SMILES string of the molecule is CC(C)(C)OC(=O)N[C@@H]1CC(Cn2cc(Cl)cn2)C[C@H]1O. The van der Waals surface area contributed by atoms with Gasteiger partial charge in [0.1, 0.15) is 5.60 Å². The molecule has 1 amide bonds. The molecule has 1 saturated carbocycles. The summed E-state index contributed by atoms with van der Waals surface area (Å²) in [7, 11) is 0. The van der Waals surface area contributed by atoms with Crippen molar-refractivity contribution in [3.63, 3.8) is 0 Å². The van der Waals surface area contributed by atoms with Crippen LogP contribution >= 0.6 is 11.6 Å². The Balaban J connectivity index is 1.85. The van der Waals surface area contributed by atoms with E-state index >= 15 is 0 Å². The van der Waals surface area contributed by atoms with E-state index in [0.29, 0.717) is 24.4 Å². The first-order valence-corrected chi connectivity index (χ1v) is 7.46. The van der Waals surface area contributed by atoms with Gasteiger partial charge in [-0.3, -0.25) is 4.68 Å². The zero-order valence-corrected chi connectivity index (χ0v) is 13.3. The minimum absolute atomic E-state index is 0.246. The third-order valence-corrected chi connectivity index (χ3v) is 3.57. The van der Waals surface area contributed by atoms with Gasteiger partial charge in [0.05, 0.1) is 23.4 Å². The highest BCUT2D eigenvalue weighted by Gasteiger charge is 2.35. The molecule has 1 aliphatic rings. The number of carbonyl (C=O) groups is 1. The fraction of sp³-hybridized carbons (Fsp3) is 0.714. The Hall–Kier alpha value is -1.27. The van der Waals surface area contributed by atoms with Crippen molar-refractivity contribution >= 4 is 17.7 Å². The van der Waals surface area contributed by atoms with Crippen LogP contribution in [0.4, 0.5) is 4.79 Å². The lowest BCUT2D eigenvalue weighted by atomic mass is 10.1. The summed E-state index contributed by atoms with van der Waals surface area (Å²) in [5.74, 6) is 0.246. The van der Waals surface area contributed by atoms with Gasteiger partial charge in [-0.1, -0.05) is 11.6 Å². The number of rotatable bonds is 3. The highest BCUT2D eigenvalue weighted by atomic mass is 35.5. The zero-order chi connectivity index (χ0) is 15.6. The summed E-state index contributed by atoms with van der Waals surface area (Å²) in [6, 6.07) is -0.282. The van der Waals surface area contributed by atoms with Crippen molar-refractivity contribution in [1.29, 1.82) is 0 Å². The van der Waals surface area contributed by atoms with Crippen LogP contribution in [0.1, 0.15) is 33.6 Å². The Morgan fingerprint density at radius 1 is 1.57 bits per heavy atom. The maximum absolute atomic E-state index is 11.7. The minimum Gasteiger partial charge on any atom is -0.444 e. The van der Waals surface area contributed by atoms with Gasteiger partial charge >= 0.3 is 6.09 Å². The molecule has 0 bridgehead atoms. The molecule has 7 heteroatoms. The van der Waals surface area contributed by atoms with E-state index < -0.39 is 17.8 Å². The van der Waals surface area contributed by atoms with E-state index in [1.54, 1.807) is 17.1 Å². The zero-order valence-electron chi connectivity index (χ0n) is 12.5. The maximum atomic E-state index is 11.7. The molecule has 2 rings (SSSR count). The Morgan fingerprint density at radius 3 is 2.86 bits per heavy atom. The average molecular weight is 316 g/mol. The van der Waals surface area contributed by atoms with Crippen molar-refractivity contribution < 1.29 is 14.6 Å². The molecule has 0 aromatic carbocycles. The number of nitrogens with zero attached hydrogens (tertiary/aromatic N) is 2. The molecule has 0 aliphatic heterocycles. The van der Waals surface area contributed by atoms with Crippen LogP contribution in [0.25, 0.3) is 0 Å². The van der Waals surface area contributed by atoms with E-state index in [4.69, 9.17) is 16.3 Å². The second-order valence-corrected chi connectivity index (χ2v) is 6.97. The summed E-state index contributed by atoms with van der Waals surface area (Å²) in [6.07, 6.45) is 3.60. The quantitative estimate of drug-likeness (QED) is 0.896. The number of hydrogen-bond acceptors (Lipinski definition) is 4. The molecule has 1 aromatic rings. The van der Waals surface area contributed by atoms with Gasteiger partial charge < -0.3 is 15.2 Å². The van der Waals surface area contributed by atoms with E-state index in [1.807, 2.05) is 20.8 Å². The molecule has 118 valence electrons. The number of ether oxygens (including phenoxy) is 1. The molecule has 21 heavy (non-hydrogen) atoms. The molecule has 0 spiro atoms. The van der Waals surface area contributed by atoms with Gasteiger partial charge in [0.25, 0.3) is 0 Å². The molecule has 1 aromatic heterocycles. The molecule has 1 unspecified atom stereocenters. The van der Waals surface area contributed by atoms with E-state index in [9.17, 15) is 9.90 Å². The van der Waals surface area contributed by atoms with Crippen LogP contribution in [0.5, 0.6) is 0 Å². The second-order valence-electron chi connectivity index (χ2n) is 6.54. The molecular weight excluding hydrogens is 294 g/mol. The van der Waals surface area contributed by atoms with Crippen LogP contribution in [-0.2, 0) is 11.3 Å². The Morgan fingerprint density at radius 2 is 2.29 bits per heavy atom. The first-order chi connectivity index (χ1) is 9.73. The molecule has 0 radical (unpaired) electrons. The van der Waals surface area contributed by atoms with E-state index in [2.05, 4.69) is 10.4 Å². The Bertz CT molecular complexity index is 498. The van der Waals surface area contributed by atoms with Crippen LogP contribution in [-0.4, -0.2) is 38.7 Å². The topological polar surface area (TPSA) is 76.4 Å². The number of aliphatic hydroxyl groups is 1. The van der Waals surface area contributed by atoms with Gasteiger partial charge in [-0.05, 0) is 39.5 Å². The number of hydrogen-bond donors (Lipinski definition) is 2. The fourth-order valence-corrected chi connectivity index (χ4v) is 2.74. The highest BCUT2D eigenvalue weighted by Crippen LogP contribution is 2.28. The van der Waals surface area contributed by atoms with Crippen LogP contribution in [0.2, 0.25) is 5.02 Å². The molecule has 1 aliphatic carbocycles. The maximum Gasteiger partial charge on any atom is 0.407 e. The van der Waals surface area contributed by atoms with Gasteiger partial charge in [-0.15, -0.1) is 0 Å². The lowest BCUT2D eigenvalue weighted by Gasteiger charge is -2.23. The Labute approximate surface area is 129 Å². The summed E-state index contributed by atoms with van der Waals surface area (Å²) in [4.78, 5) is 11.7. The first-order valence-electron chi connectivity index (χ1n) is 7.08. The smallest absolute Gasteiger partial charge is 0.407 e. The number of amides is 1. The van der Waals surface area contributed by atoms with Crippen molar-refractivity contribution in [3.8, 4) is 0 Å². The molecular formula is C14H22ClN3O3. The van der Waals surface area contributed by atoms with Crippen molar-refractivity contribution in [2.24, 2.45) is 5.92 Å². The molecule has 1 fully saturated rings. The number of aromatic nitrogens is 2. The highest BCUT2D eigenvalue weighted by molar-refractivity contribution is 6.30. The fourth-order valence-electron chi connectivity index (χ4n) is 2.58. The monoisotopic (exact) mass is 315 g/mol. The predicted molar refractivity (Wildman–Crippen MR) is 79.1 cm³/mol. The van der Waals surface area contributed by atoms with Gasteiger partial charge in [0.15, 0.2) is 0 Å². The number of halogens is 1. The van der Waals surface area contributed by atoms with E-state index in [1.165, 1.54) is 0 Å². The van der Waals surface area contributed by atoms with Crippen molar-refractivity contribution in [2.45, 2.75) is 57.9 Å². The van der Waals surface area contributed by atoms with Gasteiger partial charge in [0.2, 0.25) is 0 Å². The van der Waals surface area contributed by atoms with E-state index in [0.717, 1.165) is 0 Å². The van der Waals surface area contributed by atoms with Crippen LogP contribution < -0.4 is 5.32 Å². The number of aliphatic hydroxyl groups excluding tert-OH is 1. The van der Waals surface area contributed by atoms with E-state index in [-0.39, 0.29) is 12.0 Å². The molecule has 3 atom stereocenters. The summed E-state index contributed by atoms with van der Waals surface area (Å²) in [5.41, 5.74) is -0.543. The molecule has 2 N–H and O–H groups in total. The number of alkyl carbamates (subject to hydrolysis) is 1. The minimum atomic E-state index is -0.562. The first kappa shape index (κ1) is 16.1. The molecule has 6 nitrogen and oxygen atoms in total. The third kappa shape index (κ3) is 4.89. The summed E-state index contributed by atoms with van der Waals surface area (Å²) >= 11 is 5.83. The Kier molecular flexibility index (Phi) is 4.78. The predicted octanol–water partition coefficient (Wildman–Crippen LogP) is 2.20. The standard InChI is InChI=1S/C14H22ClN3O3/c1-14(2,3)21-13(20)17-11-4-9(5-12(11)19)7-18-8-10(15)6-16-18/h6,8-9,11-12,19H,4-5,7H2,1-3H3,(H,17,20)/t9?,11-,12-/m1/s1. The average Bonchev–Trinajstić information content (AvgIpc) is 2.84. The van der Waals surface area contributed by atoms with Crippen molar-refractivity contribution in [1.82, 2.24) is 15.1 Å². The van der Waals surface area contributed by atoms with Crippen LogP contribution in [0.3, 0.4) is 0 Å². The third-order valence-electron chi connectivity index (χ3n) is 3.38. The van der Waals surface area contributed by atoms with Gasteiger partial charge in [-0.2, -0.15) is 5.10 Å². The summed E-state index contributed by atoms with van der Waals surface area (Å²) in [5, 5.41) is 17.5. The largest absolute Gasteiger partial charge is 0.444 e. The molecule has 1 heterocycles. The van der Waals surface area contributed by atoms with Crippen LogP contribution in [0, 0.1) is 5.92 Å². The van der Waals surface area contributed by atoms with Gasteiger partial charge in [0, 0.05) is 12.7 Å². The molecule has 0 saturated heterocycles. The summed E-state index contributed by atoms with van der Waals surface area (Å²) < 4.78 is 6.97. The van der Waals surface area contributed by atoms with Crippen LogP contribution in [0.15, 0.2) is 12.4 Å². The van der Waals surface area contributed by atoms with Crippen molar-refractivity contribution in [3.05, 3.63) is 17.4 Å². The number of carbonyl (C=O) groups excluding carboxylic acids is 1.